The number of aromatic nitrogens is 3. The predicted octanol–water partition coefficient (Wildman–Crippen LogP) is -2.08. The fraction of sp³-hybridized carbons (Fsp3) is 0.455. The third-order valence-corrected chi connectivity index (χ3v) is 3.22. The van der Waals surface area contributed by atoms with Gasteiger partial charge in [0, 0.05) is 6.20 Å². The summed E-state index contributed by atoms with van der Waals surface area (Å²) in [4.78, 5) is 18.0. The van der Waals surface area contributed by atoms with Gasteiger partial charge in [0.1, 0.15) is 18.3 Å². The second-order valence-electron chi connectivity index (χ2n) is 4.49. The van der Waals surface area contributed by atoms with Crippen molar-refractivity contribution in [3.05, 3.63) is 22.6 Å². The van der Waals surface area contributed by atoms with Gasteiger partial charge in [-0.25, -0.2) is 0 Å². The summed E-state index contributed by atoms with van der Waals surface area (Å²) in [7, 11) is 0. The highest BCUT2D eigenvalue weighted by molar-refractivity contribution is 5.76. The van der Waals surface area contributed by atoms with Gasteiger partial charge in [-0.15, -0.1) is 0 Å². The number of hydrogen-bond donors (Lipinski definition) is 5. The van der Waals surface area contributed by atoms with Crippen LogP contribution in [-0.4, -0.2) is 54.8 Å². The van der Waals surface area contributed by atoms with Crippen LogP contribution in [0.15, 0.2) is 17.1 Å². The molecule has 3 rings (SSSR count). The number of fused-ring (bicyclic) bond motifs is 1. The topological polar surface area (TPSA) is 147 Å². The van der Waals surface area contributed by atoms with Gasteiger partial charge >= 0.3 is 0 Å². The van der Waals surface area contributed by atoms with Crippen LogP contribution in [0.2, 0.25) is 0 Å². The standard InChI is InChI=1S/C11H14N4O5/c12-11-13-8-4(9(19)14-11)1-2-15(8)10-7(18)6(17)5(3-16)20-10/h1-2,5-7,10,16-18H,3H2,(H3,12,13,14,19)/t5-,6-,7-,10-/m1/s1/i10D. The number of aliphatic hydroxyl groups excluding tert-OH is 3. The molecule has 0 aromatic carbocycles. The Balaban J connectivity index is 2.19. The molecule has 1 saturated heterocycles. The van der Waals surface area contributed by atoms with Crippen molar-refractivity contribution in [2.75, 3.05) is 12.3 Å². The van der Waals surface area contributed by atoms with E-state index in [4.69, 9.17) is 16.9 Å². The summed E-state index contributed by atoms with van der Waals surface area (Å²) in [5, 5.41) is 29.1. The fourth-order valence-corrected chi connectivity index (χ4v) is 2.21. The Labute approximate surface area is 113 Å². The third-order valence-electron chi connectivity index (χ3n) is 3.22. The van der Waals surface area contributed by atoms with E-state index in [-0.39, 0.29) is 17.0 Å². The second-order valence-corrected chi connectivity index (χ2v) is 4.49. The average molecular weight is 283 g/mol. The van der Waals surface area contributed by atoms with Crippen LogP contribution < -0.4 is 11.3 Å². The summed E-state index contributed by atoms with van der Waals surface area (Å²) in [6.07, 6.45) is -4.98. The van der Waals surface area contributed by atoms with Crippen LogP contribution in [0.5, 0.6) is 0 Å². The molecule has 0 bridgehead atoms. The Morgan fingerprint density at radius 3 is 2.95 bits per heavy atom. The zero-order chi connectivity index (χ0) is 15.4. The van der Waals surface area contributed by atoms with Crippen LogP contribution in [0.25, 0.3) is 11.0 Å². The first-order valence-corrected chi connectivity index (χ1v) is 5.90. The van der Waals surface area contributed by atoms with Crippen LogP contribution in [0.1, 0.15) is 7.57 Å². The number of rotatable bonds is 2. The highest BCUT2D eigenvalue weighted by Gasteiger charge is 2.43. The zero-order valence-corrected chi connectivity index (χ0v) is 10.2. The molecule has 0 radical (unpaired) electrons. The first-order valence-electron chi connectivity index (χ1n) is 6.40. The van der Waals surface area contributed by atoms with E-state index in [1.807, 2.05) is 0 Å². The highest BCUT2D eigenvalue weighted by Crippen LogP contribution is 2.31. The van der Waals surface area contributed by atoms with E-state index in [1.165, 1.54) is 12.3 Å². The average Bonchev–Trinajstić information content (AvgIpc) is 2.95. The minimum atomic E-state index is -2.12. The number of H-pyrrole nitrogens is 1. The van der Waals surface area contributed by atoms with Crippen molar-refractivity contribution in [2.24, 2.45) is 0 Å². The monoisotopic (exact) mass is 283 g/mol. The van der Waals surface area contributed by atoms with Crippen molar-refractivity contribution in [1.29, 1.82) is 0 Å². The molecule has 1 aliphatic heterocycles. The van der Waals surface area contributed by atoms with Gasteiger partial charge in [-0.05, 0) is 6.07 Å². The molecule has 0 unspecified atom stereocenters. The number of aliphatic hydroxyl groups is 3. The van der Waals surface area contributed by atoms with Gasteiger partial charge in [-0.1, -0.05) is 0 Å². The second kappa shape index (κ2) is 4.56. The summed E-state index contributed by atoms with van der Waals surface area (Å²) >= 11 is 0. The molecule has 1 aliphatic rings. The maximum Gasteiger partial charge on any atom is 0.261 e. The predicted molar refractivity (Wildman–Crippen MR) is 67.8 cm³/mol. The molecule has 0 amide bonds. The SMILES string of the molecule is [2H][C@@]1(n2ccc3c(=O)[nH]c(N)nc32)O[C@H](CO)[C@@H](O)[C@H]1O. The Hall–Kier alpha value is -1.94. The molecular weight excluding hydrogens is 268 g/mol. The minimum absolute atomic E-state index is 0.0380. The molecule has 3 heterocycles. The maximum atomic E-state index is 11.8. The summed E-state index contributed by atoms with van der Waals surface area (Å²) in [5.74, 6) is -0.150. The van der Waals surface area contributed by atoms with E-state index in [2.05, 4.69) is 9.97 Å². The van der Waals surface area contributed by atoms with E-state index in [0.29, 0.717) is 0 Å². The van der Waals surface area contributed by atoms with Gasteiger partial charge in [0.15, 0.2) is 11.9 Å². The van der Waals surface area contributed by atoms with Gasteiger partial charge in [0.25, 0.3) is 5.56 Å². The molecular formula is C11H14N4O5. The van der Waals surface area contributed by atoms with E-state index in [9.17, 15) is 15.0 Å². The molecule has 1 fully saturated rings. The molecule has 2 aromatic rings. The molecule has 6 N–H and O–H groups in total. The van der Waals surface area contributed by atoms with Crippen molar-refractivity contribution in [3.63, 3.8) is 0 Å². The molecule has 2 aromatic heterocycles. The fourth-order valence-electron chi connectivity index (χ4n) is 2.21. The van der Waals surface area contributed by atoms with E-state index >= 15 is 0 Å². The quantitative estimate of drug-likeness (QED) is 0.425. The lowest BCUT2D eigenvalue weighted by molar-refractivity contribution is -0.0508. The Bertz CT molecular complexity index is 746. The number of nitrogens with zero attached hydrogens (tertiary/aromatic N) is 2. The number of anilines is 1. The van der Waals surface area contributed by atoms with Gasteiger partial charge in [0.05, 0.1) is 13.4 Å². The largest absolute Gasteiger partial charge is 0.394 e. The molecule has 9 heteroatoms. The van der Waals surface area contributed by atoms with Crippen molar-refractivity contribution in [2.45, 2.75) is 24.5 Å². The lowest BCUT2D eigenvalue weighted by atomic mass is 10.1. The summed E-state index contributed by atoms with van der Waals surface area (Å²) in [6.45, 7) is -0.561. The van der Waals surface area contributed by atoms with Gasteiger partial charge in [-0.3, -0.25) is 9.78 Å². The van der Waals surface area contributed by atoms with Crippen LogP contribution in [0.3, 0.4) is 0 Å². The molecule has 9 nitrogen and oxygen atoms in total. The number of nitrogen functional groups attached to an aromatic ring is 1. The Kier molecular flexibility index (Phi) is 2.70. The molecule has 0 saturated carbocycles. The van der Waals surface area contributed by atoms with Gasteiger partial charge < -0.3 is 30.4 Å². The van der Waals surface area contributed by atoms with E-state index in [1.54, 1.807) is 0 Å². The van der Waals surface area contributed by atoms with Crippen molar-refractivity contribution in [3.8, 4) is 0 Å². The summed E-state index contributed by atoms with van der Waals surface area (Å²) in [5.41, 5.74) is 5.02. The first-order chi connectivity index (χ1) is 9.88. The third kappa shape index (κ3) is 1.79. The lowest BCUT2D eigenvalue weighted by Crippen LogP contribution is -2.33. The number of ether oxygens (including phenoxy) is 1. The number of nitrogens with two attached hydrogens (primary N) is 1. The van der Waals surface area contributed by atoms with Crippen LogP contribution in [-0.2, 0) is 4.74 Å². The van der Waals surface area contributed by atoms with E-state index < -0.39 is 36.7 Å². The Morgan fingerprint density at radius 1 is 1.55 bits per heavy atom. The van der Waals surface area contributed by atoms with Gasteiger partial charge in [0.2, 0.25) is 5.95 Å². The number of hydrogen-bond acceptors (Lipinski definition) is 7. The molecule has 0 spiro atoms. The van der Waals surface area contributed by atoms with Crippen molar-refractivity contribution < 1.29 is 21.4 Å². The Morgan fingerprint density at radius 2 is 2.30 bits per heavy atom. The van der Waals surface area contributed by atoms with Gasteiger partial charge in [-0.2, -0.15) is 4.98 Å². The molecule has 108 valence electrons. The van der Waals surface area contributed by atoms with Crippen LogP contribution >= 0.6 is 0 Å². The summed E-state index contributed by atoms with van der Waals surface area (Å²) in [6, 6.07) is 1.39. The molecule has 20 heavy (non-hydrogen) atoms. The highest BCUT2D eigenvalue weighted by atomic mass is 16.6. The summed E-state index contributed by atoms with van der Waals surface area (Å²) < 4.78 is 14.6. The minimum Gasteiger partial charge on any atom is -0.394 e. The lowest BCUT2D eigenvalue weighted by Gasteiger charge is -2.17. The zero-order valence-electron chi connectivity index (χ0n) is 11.2. The van der Waals surface area contributed by atoms with Crippen molar-refractivity contribution in [1.82, 2.24) is 14.5 Å². The maximum absolute atomic E-state index is 11.8. The van der Waals surface area contributed by atoms with Crippen LogP contribution in [0, 0.1) is 0 Å². The van der Waals surface area contributed by atoms with E-state index in [0.717, 1.165) is 4.57 Å². The van der Waals surface area contributed by atoms with Crippen molar-refractivity contribution >= 4 is 17.0 Å². The number of nitrogens with one attached hydrogen (secondary N) is 1. The molecule has 4 atom stereocenters. The number of aromatic amines is 1. The smallest absolute Gasteiger partial charge is 0.261 e. The van der Waals surface area contributed by atoms with Crippen LogP contribution in [0.4, 0.5) is 5.95 Å². The molecule has 0 aliphatic carbocycles. The normalized spacial score (nSPS) is 34.5. The first kappa shape index (κ1) is 11.9.